The van der Waals surface area contributed by atoms with Crippen molar-refractivity contribution in [2.45, 2.75) is 135 Å². The number of anilines is 3. The fraction of sp³-hybridized carbons (Fsp3) is 0.348. The van der Waals surface area contributed by atoms with E-state index in [1.807, 2.05) is 93.1 Å². The largest absolute Gasteiger partial charge is 0.495 e. The summed E-state index contributed by atoms with van der Waals surface area (Å²) in [5.41, 5.74) is 8.69. The highest BCUT2D eigenvalue weighted by Crippen LogP contribution is 2.49. The van der Waals surface area contributed by atoms with Crippen molar-refractivity contribution in [2.24, 2.45) is 0 Å². The van der Waals surface area contributed by atoms with E-state index >= 15 is 0 Å². The zero-order valence-electron chi connectivity index (χ0n) is 51.3. The van der Waals surface area contributed by atoms with Crippen LogP contribution in [-0.4, -0.2) is 88.3 Å². The predicted octanol–water partition coefficient (Wildman–Crippen LogP) is 19.1. The highest BCUT2D eigenvalue weighted by Gasteiger charge is 2.52. The molecule has 6 heterocycles. The van der Waals surface area contributed by atoms with E-state index in [1.165, 1.54) is 0 Å². The van der Waals surface area contributed by atoms with E-state index in [0.717, 1.165) is 93.9 Å². The lowest BCUT2D eigenvalue weighted by Gasteiger charge is -2.32. The van der Waals surface area contributed by atoms with Crippen LogP contribution in [0.5, 0.6) is 0 Å². The Hall–Kier alpha value is -5.40. The Morgan fingerprint density at radius 2 is 0.933 bits per heavy atom. The third-order valence-corrected chi connectivity index (χ3v) is 20.1. The number of rotatable bonds is 15. The smallest absolute Gasteiger partial charge is 0.447 e. The summed E-state index contributed by atoms with van der Waals surface area (Å²) in [6.07, 6.45) is 5.65. The second kappa shape index (κ2) is 30.6. The van der Waals surface area contributed by atoms with Crippen molar-refractivity contribution in [1.82, 2.24) is 9.97 Å². The van der Waals surface area contributed by atoms with E-state index in [2.05, 4.69) is 75.3 Å². The van der Waals surface area contributed by atoms with Gasteiger partial charge in [-0.15, -0.1) is 34.0 Å². The number of carbonyl (C=O) groups excluding carboxylic acids is 3. The third-order valence-electron chi connectivity index (χ3n) is 15.0. The second-order valence-corrected chi connectivity index (χ2v) is 29.4. The van der Waals surface area contributed by atoms with Crippen LogP contribution in [-0.2, 0) is 34.3 Å². The average Bonchev–Trinajstić information content (AvgIpc) is 1.68. The monoisotopic (exact) mass is 1460 g/mol. The summed E-state index contributed by atoms with van der Waals surface area (Å²) in [4.78, 5) is 46.9. The Bertz CT molecular complexity index is 3800. The molecular formula is C66H71BBr2Cl3N5O10S3. The zero-order valence-corrected chi connectivity index (χ0v) is 59.2. The van der Waals surface area contributed by atoms with Crippen LogP contribution in [0.3, 0.4) is 0 Å². The minimum Gasteiger partial charge on any atom is -0.447 e. The molecule has 90 heavy (non-hydrogen) atoms. The van der Waals surface area contributed by atoms with E-state index in [4.69, 9.17) is 63.4 Å². The number of halogens is 5. The average molecular weight is 1470 g/mol. The fourth-order valence-electron chi connectivity index (χ4n) is 9.03. The van der Waals surface area contributed by atoms with Crippen LogP contribution >= 0.6 is 101 Å². The van der Waals surface area contributed by atoms with E-state index < -0.39 is 25.4 Å². The SMILES string of the molecule is CC(C)OC(=O)Nc1ccc(-c2cc(-c3ccnc(C4(CO)CC4)c3)cs2)c(Cl)c1.CC(C)OC(=O)Nc1ccc(-c2cc(B3OC(C)(C)C(C)(C)O3)cs2)c(Cl)c1.CC(C)OC(=O)Nc1ccc(-c2cc(Br)cs2)c(Cl)c1.OCC1(c2cc(Br)ccn2)CC1. The molecule has 24 heteroatoms. The molecule has 3 aromatic carbocycles. The molecule has 0 bridgehead atoms. The van der Waals surface area contributed by atoms with Crippen LogP contribution in [0.2, 0.25) is 15.1 Å². The number of aliphatic hydroxyl groups excluding tert-OH is 2. The van der Waals surface area contributed by atoms with Gasteiger partial charge in [-0.3, -0.25) is 25.9 Å². The number of benzene rings is 3. The van der Waals surface area contributed by atoms with Crippen molar-refractivity contribution in [2.75, 3.05) is 29.2 Å². The molecule has 2 saturated carbocycles. The van der Waals surface area contributed by atoms with Crippen molar-refractivity contribution in [3.63, 3.8) is 0 Å². The maximum absolute atomic E-state index is 11.8. The summed E-state index contributed by atoms with van der Waals surface area (Å²) >= 11 is 30.8. The number of aliphatic hydroxyl groups is 2. The molecule has 11 rings (SSSR count). The molecule has 476 valence electrons. The molecule has 5 aromatic heterocycles. The van der Waals surface area contributed by atoms with Crippen molar-refractivity contribution in [3.8, 4) is 42.4 Å². The molecule has 15 nitrogen and oxygen atoms in total. The lowest BCUT2D eigenvalue weighted by Crippen LogP contribution is -2.41. The fourth-order valence-corrected chi connectivity index (χ4v) is 13.8. The van der Waals surface area contributed by atoms with Gasteiger partial charge in [-0.2, -0.15) is 0 Å². The summed E-state index contributed by atoms with van der Waals surface area (Å²) < 4.78 is 29.5. The molecule has 0 atom stereocenters. The number of ether oxygens (including phenoxy) is 3. The molecule has 0 unspecified atom stereocenters. The standard InChI is InChI=1S/C23H23ClN2O3S.C20H25BClNO4S.C14H13BrClNO2S.C9H10BrNO/c1-14(2)29-22(28)26-17-3-4-18(19(24)11-17)20-9-16(12-30-20)15-5-8-25-21(10-15)23(13-27)6-7-23;1-12(2)25-18(24)23-14-7-8-15(16(22)10-14)17-9-13(11-28-17)21-26-19(3,4)20(5,6)27-21;1-8(2)19-14(18)17-10-3-4-11(12(16)6-10)13-5-9(15)7-20-13;10-7-1-4-11-8(5-7)9(6-12)2-3-9/h3-5,8-12,14,27H,6-7,13H2,1-2H3,(H,26,28);7-12H,1-6H3,(H,23,24);3-8H,1-2H3,(H,17,18);1,4-5,12H,2-3,6H2. The summed E-state index contributed by atoms with van der Waals surface area (Å²) in [7, 11) is -0.402. The molecular weight excluding hydrogens is 1400 g/mol. The van der Waals surface area contributed by atoms with Crippen LogP contribution in [0.1, 0.15) is 106 Å². The molecule has 0 spiro atoms. The van der Waals surface area contributed by atoms with Crippen LogP contribution in [0.25, 0.3) is 42.4 Å². The number of nitrogens with one attached hydrogen (secondary N) is 3. The molecule has 3 fully saturated rings. The first-order valence-electron chi connectivity index (χ1n) is 29.0. The van der Waals surface area contributed by atoms with E-state index in [-0.39, 0.29) is 53.6 Å². The maximum Gasteiger partial charge on any atom is 0.495 e. The quantitative estimate of drug-likeness (QED) is 0.0481. The Morgan fingerprint density at radius 3 is 1.32 bits per heavy atom. The van der Waals surface area contributed by atoms with Gasteiger partial charge in [-0.05, 0) is 235 Å². The molecule has 0 radical (unpaired) electrons. The van der Waals surface area contributed by atoms with Gasteiger partial charge in [0.1, 0.15) is 0 Å². The number of hydrogen-bond donors (Lipinski definition) is 5. The van der Waals surface area contributed by atoms with Gasteiger partial charge < -0.3 is 33.7 Å². The first-order chi connectivity index (χ1) is 42.6. The minimum absolute atomic E-state index is 0.0101. The molecule has 3 aliphatic rings. The number of amides is 3. The molecule has 1 aliphatic heterocycles. The number of thiophene rings is 3. The van der Waals surface area contributed by atoms with Crippen LogP contribution < -0.4 is 21.4 Å². The van der Waals surface area contributed by atoms with E-state index in [9.17, 15) is 19.5 Å². The second-order valence-electron chi connectivity index (χ2n) is 23.6. The molecule has 8 aromatic rings. The van der Waals surface area contributed by atoms with E-state index in [1.54, 1.807) is 118 Å². The van der Waals surface area contributed by atoms with Crippen LogP contribution in [0, 0.1) is 0 Å². The predicted molar refractivity (Wildman–Crippen MR) is 375 cm³/mol. The first kappa shape index (κ1) is 70.5. The third kappa shape index (κ3) is 18.7. The minimum atomic E-state index is -0.503. The Kier molecular flexibility index (Phi) is 23.9. The lowest BCUT2D eigenvalue weighted by atomic mass is 9.81. The number of pyridine rings is 2. The number of hydrogen-bond acceptors (Lipinski definition) is 15. The van der Waals surface area contributed by atoms with Gasteiger partial charge in [-0.1, -0.05) is 50.7 Å². The number of nitrogens with zero attached hydrogens (tertiary/aromatic N) is 2. The lowest BCUT2D eigenvalue weighted by molar-refractivity contribution is 0.00578. The summed E-state index contributed by atoms with van der Waals surface area (Å²) in [6, 6.07) is 30.3. The number of aromatic nitrogens is 2. The highest BCUT2D eigenvalue weighted by atomic mass is 79.9. The van der Waals surface area contributed by atoms with Crippen molar-refractivity contribution in [3.05, 3.63) is 161 Å². The van der Waals surface area contributed by atoms with Gasteiger partial charge in [0.2, 0.25) is 0 Å². The Labute approximate surface area is 570 Å². The normalized spacial score (nSPS) is 15.3. The summed E-state index contributed by atoms with van der Waals surface area (Å²) in [5.74, 6) is 0. The van der Waals surface area contributed by atoms with Gasteiger partial charge in [0.25, 0.3) is 0 Å². The van der Waals surface area contributed by atoms with Crippen molar-refractivity contribution in [1.29, 1.82) is 0 Å². The van der Waals surface area contributed by atoms with Gasteiger partial charge >= 0.3 is 25.4 Å². The van der Waals surface area contributed by atoms with Gasteiger partial charge in [-0.25, -0.2) is 14.4 Å². The summed E-state index contributed by atoms with van der Waals surface area (Å²) in [6.45, 7) is 19.3. The van der Waals surface area contributed by atoms with Gasteiger partial charge in [0.15, 0.2) is 0 Å². The van der Waals surface area contributed by atoms with Crippen molar-refractivity contribution >= 4 is 149 Å². The summed E-state index contributed by atoms with van der Waals surface area (Å²) in [5, 5.41) is 34.6. The zero-order chi connectivity index (χ0) is 65.3. The van der Waals surface area contributed by atoms with E-state index in [0.29, 0.717) is 32.1 Å². The number of carbonyl (C=O) groups is 3. The molecule has 5 N–H and O–H groups in total. The first-order valence-corrected chi connectivity index (χ1v) is 34.4. The van der Waals surface area contributed by atoms with Crippen LogP contribution in [0.15, 0.2) is 135 Å². The van der Waals surface area contributed by atoms with Gasteiger partial charge in [0, 0.05) is 97.3 Å². The van der Waals surface area contributed by atoms with Crippen molar-refractivity contribution < 1.29 is 48.1 Å². The Balaban J connectivity index is 0.000000162. The molecule has 3 amide bonds. The Morgan fingerprint density at radius 1 is 0.533 bits per heavy atom. The highest BCUT2D eigenvalue weighted by molar-refractivity contribution is 9.10. The molecule has 1 saturated heterocycles. The van der Waals surface area contributed by atoms with Gasteiger partial charge in [0.05, 0.1) is 57.8 Å². The maximum atomic E-state index is 11.8. The topological polar surface area (TPSA) is 200 Å². The molecule has 2 aliphatic carbocycles. The van der Waals surface area contributed by atoms with Crippen LogP contribution in [0.4, 0.5) is 31.4 Å².